The van der Waals surface area contributed by atoms with E-state index in [2.05, 4.69) is 10.6 Å². The van der Waals surface area contributed by atoms with Crippen LogP contribution >= 0.6 is 0 Å². The Labute approximate surface area is 125 Å². The Bertz CT molecular complexity index is 491. The van der Waals surface area contributed by atoms with Gasteiger partial charge in [0.05, 0.1) is 14.2 Å². The number of methoxy groups -OCH3 is 1. The van der Waals surface area contributed by atoms with Gasteiger partial charge < -0.3 is 20.3 Å². The number of benzene rings is 1. The third-order valence-electron chi connectivity index (χ3n) is 3.28. The molecule has 0 aliphatic carbocycles. The lowest BCUT2D eigenvalue weighted by molar-refractivity contribution is -0.885. The molecule has 2 amide bonds. The first kappa shape index (κ1) is 17.0. The Hall–Kier alpha value is -2.08. The van der Waals surface area contributed by atoms with Crippen LogP contribution in [0.3, 0.4) is 0 Å². The summed E-state index contributed by atoms with van der Waals surface area (Å²) in [5, 5.41) is 5.56. The zero-order valence-corrected chi connectivity index (χ0v) is 13.0. The number of ether oxygens (including phenoxy) is 1. The fraction of sp³-hybridized carbons (Fsp3) is 0.467. The fourth-order valence-electron chi connectivity index (χ4n) is 1.86. The highest BCUT2D eigenvalue weighted by Crippen LogP contribution is 2.16. The zero-order chi connectivity index (χ0) is 15.8. The summed E-state index contributed by atoms with van der Waals surface area (Å²) in [5.74, 6) is 0.491. The molecule has 1 rings (SSSR count). The molecule has 0 bridgehead atoms. The van der Waals surface area contributed by atoms with Crippen molar-refractivity contribution in [2.75, 3.05) is 32.6 Å². The smallest absolute Gasteiger partial charge is 0.279 e. The van der Waals surface area contributed by atoms with Gasteiger partial charge in [0, 0.05) is 18.3 Å². The topological polar surface area (TPSA) is 71.9 Å². The van der Waals surface area contributed by atoms with Crippen LogP contribution in [0.2, 0.25) is 0 Å². The predicted molar refractivity (Wildman–Crippen MR) is 81.5 cm³/mol. The number of nitrogens with one attached hydrogen (secondary N) is 3. The predicted octanol–water partition coefficient (Wildman–Crippen LogP) is -0.327. The molecule has 0 aliphatic heterocycles. The molecular weight excluding hydrogens is 270 g/mol. The molecule has 2 atom stereocenters. The second-order valence-electron chi connectivity index (χ2n) is 4.92. The van der Waals surface area contributed by atoms with Crippen molar-refractivity contribution in [3.8, 4) is 5.75 Å². The Kier molecular flexibility index (Phi) is 6.68. The van der Waals surface area contributed by atoms with E-state index in [4.69, 9.17) is 4.74 Å². The van der Waals surface area contributed by atoms with Crippen molar-refractivity contribution >= 4 is 17.5 Å². The Morgan fingerprint density at radius 1 is 1.38 bits per heavy atom. The molecule has 1 aromatic rings. The highest BCUT2D eigenvalue weighted by Gasteiger charge is 2.23. The number of anilines is 1. The number of hydrogen-bond donors (Lipinski definition) is 3. The number of carbonyl (C=O) groups excluding carboxylic acids is 2. The summed E-state index contributed by atoms with van der Waals surface area (Å²) >= 11 is 0. The van der Waals surface area contributed by atoms with Gasteiger partial charge in [-0.05, 0) is 26.0 Å². The molecule has 0 radical (unpaired) electrons. The Morgan fingerprint density at radius 2 is 2.10 bits per heavy atom. The number of likely N-dealkylation sites (N-methyl/N-ethyl adjacent to an activating group) is 2. The van der Waals surface area contributed by atoms with Crippen molar-refractivity contribution in [2.45, 2.75) is 19.9 Å². The lowest BCUT2D eigenvalue weighted by atomic mass is 10.2. The minimum atomic E-state index is -0.277. The molecule has 1 unspecified atom stereocenters. The third kappa shape index (κ3) is 5.43. The number of hydrogen-bond acceptors (Lipinski definition) is 3. The summed E-state index contributed by atoms with van der Waals surface area (Å²) < 4.78 is 5.10. The first-order valence-electron chi connectivity index (χ1n) is 7.01. The Balaban J connectivity index is 2.54. The lowest BCUT2D eigenvalue weighted by Crippen LogP contribution is -3.15. The van der Waals surface area contributed by atoms with E-state index in [9.17, 15) is 9.59 Å². The lowest BCUT2D eigenvalue weighted by Gasteiger charge is -2.20. The average Bonchev–Trinajstić information content (AvgIpc) is 2.46. The molecule has 21 heavy (non-hydrogen) atoms. The maximum Gasteiger partial charge on any atom is 0.279 e. The van der Waals surface area contributed by atoms with Gasteiger partial charge in [-0.25, -0.2) is 0 Å². The first-order chi connectivity index (χ1) is 9.97. The van der Waals surface area contributed by atoms with Crippen LogP contribution < -0.4 is 20.3 Å². The van der Waals surface area contributed by atoms with Gasteiger partial charge in [0.1, 0.15) is 5.75 Å². The van der Waals surface area contributed by atoms with E-state index in [0.29, 0.717) is 18.0 Å². The van der Waals surface area contributed by atoms with Crippen LogP contribution in [0, 0.1) is 0 Å². The van der Waals surface area contributed by atoms with E-state index in [1.165, 1.54) is 0 Å². The molecule has 0 aliphatic rings. The summed E-state index contributed by atoms with van der Waals surface area (Å²) in [5.41, 5.74) is 0.679. The molecule has 0 saturated heterocycles. The van der Waals surface area contributed by atoms with E-state index in [1.54, 1.807) is 26.2 Å². The number of carbonyl (C=O) groups is 2. The van der Waals surface area contributed by atoms with Gasteiger partial charge in [0.2, 0.25) is 0 Å². The summed E-state index contributed by atoms with van der Waals surface area (Å²) in [6.45, 7) is 4.48. The van der Waals surface area contributed by atoms with Crippen molar-refractivity contribution in [3.63, 3.8) is 0 Å². The van der Waals surface area contributed by atoms with Crippen LogP contribution in [0.5, 0.6) is 5.75 Å². The van der Waals surface area contributed by atoms with Gasteiger partial charge in [-0.1, -0.05) is 6.07 Å². The molecule has 0 fully saturated rings. The number of quaternary nitrogens is 1. The SMILES string of the molecule is CCNC(=O)[C@H](C)[NH+](C)CC(=O)Nc1cccc(OC)c1. The van der Waals surface area contributed by atoms with Gasteiger partial charge >= 0.3 is 0 Å². The van der Waals surface area contributed by atoms with Crippen LogP contribution in [0.4, 0.5) is 5.69 Å². The summed E-state index contributed by atoms with van der Waals surface area (Å²) in [6, 6.07) is 6.89. The maximum atomic E-state index is 12.0. The molecule has 3 N–H and O–H groups in total. The normalized spacial score (nSPS) is 13.1. The van der Waals surface area contributed by atoms with Crippen LogP contribution in [-0.4, -0.2) is 45.1 Å². The van der Waals surface area contributed by atoms with E-state index >= 15 is 0 Å². The van der Waals surface area contributed by atoms with Crippen LogP contribution in [-0.2, 0) is 9.59 Å². The van der Waals surface area contributed by atoms with Gasteiger partial charge in [0.15, 0.2) is 12.6 Å². The largest absolute Gasteiger partial charge is 0.497 e. The van der Waals surface area contributed by atoms with Crippen LogP contribution in [0.25, 0.3) is 0 Å². The van der Waals surface area contributed by atoms with Crippen molar-refractivity contribution in [2.24, 2.45) is 0 Å². The molecule has 0 heterocycles. The first-order valence-corrected chi connectivity index (χ1v) is 7.01. The van der Waals surface area contributed by atoms with Gasteiger partial charge in [0.25, 0.3) is 11.8 Å². The van der Waals surface area contributed by atoms with E-state index < -0.39 is 0 Å². The molecule has 6 nitrogen and oxygen atoms in total. The third-order valence-corrected chi connectivity index (χ3v) is 3.28. The minimum Gasteiger partial charge on any atom is -0.497 e. The quantitative estimate of drug-likeness (QED) is 0.645. The molecule has 0 spiro atoms. The van der Waals surface area contributed by atoms with Crippen molar-refractivity contribution in [1.82, 2.24) is 5.32 Å². The standard InChI is InChI=1S/C15H23N3O3/c1-5-16-15(20)11(2)18(3)10-14(19)17-12-7-6-8-13(9-12)21-4/h6-9,11H,5,10H2,1-4H3,(H,16,20)(H,17,19)/p+1/t11-/m0/s1. The molecule has 6 heteroatoms. The molecule has 0 saturated carbocycles. The van der Waals surface area contributed by atoms with Crippen LogP contribution in [0.15, 0.2) is 24.3 Å². The average molecular weight is 294 g/mol. The molecular formula is C15H24N3O3+. The van der Waals surface area contributed by atoms with Gasteiger partial charge in [-0.2, -0.15) is 0 Å². The van der Waals surface area contributed by atoms with E-state index in [-0.39, 0.29) is 24.4 Å². The van der Waals surface area contributed by atoms with Crippen molar-refractivity contribution in [1.29, 1.82) is 0 Å². The van der Waals surface area contributed by atoms with Gasteiger partial charge in [-0.15, -0.1) is 0 Å². The molecule has 1 aromatic carbocycles. The fourth-order valence-corrected chi connectivity index (χ4v) is 1.86. The summed E-state index contributed by atoms with van der Waals surface area (Å²) in [6.07, 6.45) is 0. The van der Waals surface area contributed by atoms with Gasteiger partial charge in [-0.3, -0.25) is 9.59 Å². The van der Waals surface area contributed by atoms with Crippen molar-refractivity contribution in [3.05, 3.63) is 24.3 Å². The zero-order valence-electron chi connectivity index (χ0n) is 13.0. The summed E-state index contributed by atoms with van der Waals surface area (Å²) in [4.78, 5) is 24.6. The molecule has 116 valence electrons. The maximum absolute atomic E-state index is 12.0. The monoisotopic (exact) mass is 294 g/mol. The number of rotatable bonds is 7. The second kappa shape index (κ2) is 8.26. The minimum absolute atomic E-state index is 0.0517. The molecule has 0 aromatic heterocycles. The van der Waals surface area contributed by atoms with E-state index in [1.807, 2.05) is 26.1 Å². The van der Waals surface area contributed by atoms with E-state index in [0.717, 1.165) is 4.90 Å². The second-order valence-corrected chi connectivity index (χ2v) is 4.92. The summed E-state index contributed by atoms with van der Waals surface area (Å²) in [7, 11) is 3.40. The van der Waals surface area contributed by atoms with Crippen molar-refractivity contribution < 1.29 is 19.2 Å². The van der Waals surface area contributed by atoms with Crippen LogP contribution in [0.1, 0.15) is 13.8 Å². The highest BCUT2D eigenvalue weighted by atomic mass is 16.5. The number of amides is 2. The highest BCUT2D eigenvalue weighted by molar-refractivity contribution is 5.91. The Morgan fingerprint density at radius 3 is 2.71 bits per heavy atom.